The predicted molar refractivity (Wildman–Crippen MR) is 60.7 cm³/mol. The normalized spacial score (nSPS) is 16.5. The molecule has 0 amide bonds. The van der Waals surface area contributed by atoms with Gasteiger partial charge in [-0.25, -0.2) is 4.98 Å². The SMILES string of the molecule is O=Cc1cnc(Cl)cc1N1CCCCC1. The van der Waals surface area contributed by atoms with Crippen molar-refractivity contribution in [3.63, 3.8) is 0 Å². The summed E-state index contributed by atoms with van der Waals surface area (Å²) < 4.78 is 0. The summed E-state index contributed by atoms with van der Waals surface area (Å²) in [5.41, 5.74) is 1.55. The van der Waals surface area contributed by atoms with E-state index >= 15 is 0 Å². The maximum atomic E-state index is 10.9. The molecule has 1 aromatic rings. The van der Waals surface area contributed by atoms with Gasteiger partial charge in [0.25, 0.3) is 0 Å². The van der Waals surface area contributed by atoms with E-state index in [4.69, 9.17) is 11.6 Å². The lowest BCUT2D eigenvalue weighted by Gasteiger charge is -2.29. The number of carbonyl (C=O) groups is 1. The maximum Gasteiger partial charge on any atom is 0.153 e. The Labute approximate surface area is 94.1 Å². The van der Waals surface area contributed by atoms with Crippen molar-refractivity contribution in [3.05, 3.63) is 23.0 Å². The van der Waals surface area contributed by atoms with Gasteiger partial charge in [-0.05, 0) is 25.3 Å². The van der Waals surface area contributed by atoms with Gasteiger partial charge in [0.15, 0.2) is 6.29 Å². The third-order valence-corrected chi connectivity index (χ3v) is 2.91. The molecular formula is C11H13ClN2O. The molecule has 0 bridgehead atoms. The van der Waals surface area contributed by atoms with Gasteiger partial charge < -0.3 is 4.90 Å². The van der Waals surface area contributed by atoms with Gasteiger partial charge >= 0.3 is 0 Å². The number of aldehydes is 1. The quantitative estimate of drug-likeness (QED) is 0.572. The molecule has 1 aliphatic heterocycles. The first-order valence-electron chi connectivity index (χ1n) is 5.17. The molecule has 0 radical (unpaired) electrons. The molecule has 4 heteroatoms. The second-order valence-corrected chi connectivity index (χ2v) is 4.12. The maximum absolute atomic E-state index is 10.9. The minimum absolute atomic E-state index is 0.446. The molecule has 1 aromatic heterocycles. The monoisotopic (exact) mass is 224 g/mol. The minimum atomic E-state index is 0.446. The summed E-state index contributed by atoms with van der Waals surface area (Å²) >= 11 is 5.84. The largest absolute Gasteiger partial charge is 0.371 e. The van der Waals surface area contributed by atoms with Crippen LogP contribution in [0.1, 0.15) is 29.6 Å². The first-order chi connectivity index (χ1) is 7.31. The molecule has 80 valence electrons. The summed E-state index contributed by atoms with van der Waals surface area (Å²) in [6.45, 7) is 2.00. The molecule has 0 aliphatic carbocycles. The van der Waals surface area contributed by atoms with Crippen LogP contribution in [-0.4, -0.2) is 24.4 Å². The van der Waals surface area contributed by atoms with Crippen LogP contribution in [0, 0.1) is 0 Å². The second kappa shape index (κ2) is 4.62. The molecule has 0 atom stereocenters. The van der Waals surface area contributed by atoms with Crippen molar-refractivity contribution in [1.82, 2.24) is 4.98 Å². The van der Waals surface area contributed by atoms with Crippen LogP contribution in [0.25, 0.3) is 0 Å². The van der Waals surface area contributed by atoms with Crippen LogP contribution in [-0.2, 0) is 0 Å². The lowest BCUT2D eigenvalue weighted by molar-refractivity contribution is 0.112. The van der Waals surface area contributed by atoms with Crippen molar-refractivity contribution >= 4 is 23.6 Å². The number of pyridine rings is 1. The van der Waals surface area contributed by atoms with E-state index in [1.165, 1.54) is 19.3 Å². The Morgan fingerprint density at radius 3 is 2.73 bits per heavy atom. The van der Waals surface area contributed by atoms with E-state index in [0.29, 0.717) is 10.7 Å². The topological polar surface area (TPSA) is 33.2 Å². The average molecular weight is 225 g/mol. The van der Waals surface area contributed by atoms with Crippen molar-refractivity contribution in [2.24, 2.45) is 0 Å². The molecular weight excluding hydrogens is 212 g/mol. The summed E-state index contributed by atoms with van der Waals surface area (Å²) in [6.07, 6.45) is 6.01. The van der Waals surface area contributed by atoms with Crippen molar-refractivity contribution in [2.45, 2.75) is 19.3 Å². The van der Waals surface area contributed by atoms with Crippen LogP contribution in [0.2, 0.25) is 5.15 Å². The highest BCUT2D eigenvalue weighted by molar-refractivity contribution is 6.29. The van der Waals surface area contributed by atoms with Crippen LogP contribution < -0.4 is 4.90 Å². The third kappa shape index (κ3) is 2.29. The zero-order valence-electron chi connectivity index (χ0n) is 8.45. The van der Waals surface area contributed by atoms with Crippen molar-refractivity contribution < 1.29 is 4.79 Å². The molecule has 0 aromatic carbocycles. The number of nitrogens with zero attached hydrogens (tertiary/aromatic N) is 2. The summed E-state index contributed by atoms with van der Waals surface area (Å²) in [5.74, 6) is 0. The smallest absolute Gasteiger partial charge is 0.153 e. The molecule has 1 fully saturated rings. The fourth-order valence-corrected chi connectivity index (χ4v) is 2.08. The number of carbonyl (C=O) groups excluding carboxylic acids is 1. The van der Waals surface area contributed by atoms with Gasteiger partial charge in [-0.1, -0.05) is 11.6 Å². The van der Waals surface area contributed by atoms with Crippen molar-refractivity contribution in [3.8, 4) is 0 Å². The zero-order chi connectivity index (χ0) is 10.7. The fourth-order valence-electron chi connectivity index (χ4n) is 1.93. The molecule has 0 N–H and O–H groups in total. The Morgan fingerprint density at radius 1 is 1.33 bits per heavy atom. The number of piperidine rings is 1. The van der Waals surface area contributed by atoms with Gasteiger partial charge in [0.05, 0.1) is 11.3 Å². The Balaban J connectivity index is 2.31. The Kier molecular flexibility index (Phi) is 3.21. The molecule has 15 heavy (non-hydrogen) atoms. The second-order valence-electron chi connectivity index (χ2n) is 3.73. The van der Waals surface area contributed by atoms with Crippen molar-refractivity contribution in [2.75, 3.05) is 18.0 Å². The lowest BCUT2D eigenvalue weighted by Crippen LogP contribution is -2.30. The van der Waals surface area contributed by atoms with Gasteiger partial charge in [-0.15, -0.1) is 0 Å². The summed E-state index contributed by atoms with van der Waals surface area (Å²) in [7, 11) is 0. The number of hydrogen-bond acceptors (Lipinski definition) is 3. The number of hydrogen-bond donors (Lipinski definition) is 0. The zero-order valence-corrected chi connectivity index (χ0v) is 9.20. The highest BCUT2D eigenvalue weighted by Gasteiger charge is 2.14. The van der Waals surface area contributed by atoms with Gasteiger partial charge in [-0.3, -0.25) is 4.79 Å². The average Bonchev–Trinajstić information content (AvgIpc) is 2.30. The van der Waals surface area contributed by atoms with E-state index in [1.807, 2.05) is 0 Å². The lowest BCUT2D eigenvalue weighted by atomic mass is 10.1. The molecule has 0 saturated carbocycles. The highest BCUT2D eigenvalue weighted by Crippen LogP contribution is 2.24. The van der Waals surface area contributed by atoms with E-state index in [-0.39, 0.29) is 0 Å². The van der Waals surface area contributed by atoms with Crippen LogP contribution in [0.5, 0.6) is 0 Å². The standard InChI is InChI=1S/C11H13ClN2O/c12-11-6-10(9(8-15)7-13-11)14-4-2-1-3-5-14/h6-8H,1-5H2. The first-order valence-corrected chi connectivity index (χ1v) is 5.55. The van der Waals surface area contributed by atoms with E-state index in [9.17, 15) is 4.79 Å². The Hall–Kier alpha value is -1.09. The molecule has 1 aliphatic rings. The fraction of sp³-hybridized carbons (Fsp3) is 0.455. The van der Waals surface area contributed by atoms with Gasteiger partial charge in [0, 0.05) is 19.3 Å². The summed E-state index contributed by atoms with van der Waals surface area (Å²) in [6, 6.07) is 1.77. The van der Waals surface area contributed by atoms with Gasteiger partial charge in [0.1, 0.15) is 5.15 Å². The number of anilines is 1. The first kappa shape index (κ1) is 10.4. The van der Waals surface area contributed by atoms with E-state index in [2.05, 4.69) is 9.88 Å². The molecule has 3 nitrogen and oxygen atoms in total. The van der Waals surface area contributed by atoms with Crippen LogP contribution >= 0.6 is 11.6 Å². The number of halogens is 1. The Morgan fingerprint density at radius 2 is 2.07 bits per heavy atom. The highest BCUT2D eigenvalue weighted by atomic mass is 35.5. The summed E-state index contributed by atoms with van der Waals surface area (Å²) in [4.78, 5) is 17.0. The van der Waals surface area contributed by atoms with Crippen LogP contribution in [0.15, 0.2) is 12.3 Å². The molecule has 2 rings (SSSR count). The molecule has 2 heterocycles. The number of aromatic nitrogens is 1. The van der Waals surface area contributed by atoms with Gasteiger partial charge in [-0.2, -0.15) is 0 Å². The molecule has 0 unspecified atom stereocenters. The van der Waals surface area contributed by atoms with Crippen molar-refractivity contribution in [1.29, 1.82) is 0 Å². The molecule has 1 saturated heterocycles. The third-order valence-electron chi connectivity index (χ3n) is 2.70. The minimum Gasteiger partial charge on any atom is -0.371 e. The van der Waals surface area contributed by atoms with E-state index < -0.39 is 0 Å². The van der Waals surface area contributed by atoms with E-state index in [1.54, 1.807) is 12.3 Å². The van der Waals surface area contributed by atoms with Crippen LogP contribution in [0.3, 0.4) is 0 Å². The Bertz CT molecular complexity index is 362. The predicted octanol–water partition coefficient (Wildman–Crippen LogP) is 2.54. The van der Waals surface area contributed by atoms with E-state index in [0.717, 1.165) is 25.1 Å². The van der Waals surface area contributed by atoms with Crippen LogP contribution in [0.4, 0.5) is 5.69 Å². The number of rotatable bonds is 2. The molecule has 0 spiro atoms. The summed E-state index contributed by atoms with van der Waals surface area (Å²) in [5, 5.41) is 0.446. The van der Waals surface area contributed by atoms with Gasteiger partial charge in [0.2, 0.25) is 0 Å².